The summed E-state index contributed by atoms with van der Waals surface area (Å²) in [6.45, 7) is 10.6. The van der Waals surface area contributed by atoms with Gasteiger partial charge in [-0.2, -0.15) is 0 Å². The minimum Gasteiger partial charge on any atom is -0.457 e. The number of aliphatic hydroxyl groups is 1. The smallest absolute Gasteiger partial charge is 0.146 e. The molecule has 8 rings (SSSR count). The molecule has 0 spiro atoms. The summed E-state index contributed by atoms with van der Waals surface area (Å²) in [7, 11) is 4.10. The van der Waals surface area contributed by atoms with Crippen molar-refractivity contribution in [2.75, 3.05) is 38.7 Å². The van der Waals surface area contributed by atoms with Crippen LogP contribution in [0.1, 0.15) is 50.9 Å². The zero-order valence-electron chi connectivity index (χ0n) is 35.6. The molecule has 0 aliphatic heterocycles. The van der Waals surface area contributed by atoms with Crippen LogP contribution in [0.25, 0.3) is 44.3 Å². The van der Waals surface area contributed by atoms with Gasteiger partial charge < -0.3 is 45.4 Å². The topological polar surface area (TPSA) is 167 Å². The molecule has 314 valence electrons. The zero-order valence-corrected chi connectivity index (χ0v) is 35.6. The summed E-state index contributed by atoms with van der Waals surface area (Å²) >= 11 is 0. The van der Waals surface area contributed by atoms with Gasteiger partial charge in [-0.05, 0) is 89.3 Å². The van der Waals surface area contributed by atoms with Gasteiger partial charge in [0.1, 0.15) is 58.6 Å². The van der Waals surface area contributed by atoms with Crippen LogP contribution in [0.15, 0.2) is 122 Å². The maximum absolute atomic E-state index is 8.97. The lowest BCUT2D eigenvalue weighted by molar-refractivity contribution is 0.291. The number of aromatic nitrogens is 6. The Hall–Kier alpha value is -6.80. The van der Waals surface area contributed by atoms with E-state index in [0.717, 1.165) is 85.0 Å². The van der Waals surface area contributed by atoms with E-state index in [9.17, 15) is 0 Å². The molecule has 6 N–H and O–H groups in total. The second kappa shape index (κ2) is 19.1. The molecule has 0 aliphatic carbocycles. The van der Waals surface area contributed by atoms with Gasteiger partial charge in [0.25, 0.3) is 0 Å². The highest BCUT2D eigenvalue weighted by Gasteiger charge is 2.18. The van der Waals surface area contributed by atoms with Gasteiger partial charge in [0.05, 0.1) is 17.4 Å². The number of anilines is 2. The average molecular weight is 819 g/mol. The van der Waals surface area contributed by atoms with Crippen LogP contribution in [0.4, 0.5) is 11.6 Å². The number of nitrogens with one attached hydrogen (secondary N) is 1. The third kappa shape index (κ3) is 9.65. The Bertz CT molecular complexity index is 2700. The summed E-state index contributed by atoms with van der Waals surface area (Å²) in [4.78, 5) is 19.4. The summed E-state index contributed by atoms with van der Waals surface area (Å²) in [6.07, 6.45) is 7.20. The first-order valence-corrected chi connectivity index (χ1v) is 20.4. The third-order valence-electron chi connectivity index (χ3n) is 10.2. The van der Waals surface area contributed by atoms with Crippen molar-refractivity contribution in [3.63, 3.8) is 0 Å². The number of rotatable bonds is 14. The van der Waals surface area contributed by atoms with Crippen LogP contribution < -0.4 is 26.3 Å². The van der Waals surface area contributed by atoms with Crippen LogP contribution in [0.5, 0.6) is 23.0 Å². The largest absolute Gasteiger partial charge is 0.457 e. The van der Waals surface area contributed by atoms with Crippen LogP contribution in [-0.4, -0.2) is 66.3 Å². The van der Waals surface area contributed by atoms with Crippen LogP contribution in [0.3, 0.4) is 0 Å². The standard InChI is InChI=1S/C24H27N5O2.C24H27N5O/c1-16(2)29-14-20(22-23(25)27-15-28-24(22)29)17-7-9-19(10-8-17)31-21-6-4-3-5-18(21)13-26-11-12-30;1-16(2)29-14-20(22-23(25)26-15-27-24(22)29)17-9-11-19(12-10-17)30-21-8-6-5-7-18(21)13-28(3)4/h3-10,14-16,26,30H,11-13H2,1-2H3,(H2,25,27,28);5-12,14-16H,13H2,1-4H3,(H2,25,26,27). The number of fused-ring (bicyclic) bond motifs is 2. The third-order valence-corrected chi connectivity index (χ3v) is 10.2. The van der Waals surface area contributed by atoms with Gasteiger partial charge in [-0.25, -0.2) is 19.9 Å². The normalized spacial score (nSPS) is 11.4. The number of hydrogen-bond acceptors (Lipinski definition) is 11. The van der Waals surface area contributed by atoms with Crippen LogP contribution in [0, 0.1) is 0 Å². The number of benzene rings is 4. The first-order valence-electron chi connectivity index (χ1n) is 20.4. The molecule has 13 heteroatoms. The van der Waals surface area contributed by atoms with Crippen molar-refractivity contribution in [2.24, 2.45) is 0 Å². The molecule has 4 aromatic heterocycles. The van der Waals surface area contributed by atoms with Crippen molar-refractivity contribution >= 4 is 33.7 Å². The quantitative estimate of drug-likeness (QED) is 0.0773. The van der Waals surface area contributed by atoms with Gasteiger partial charge >= 0.3 is 0 Å². The van der Waals surface area contributed by atoms with Gasteiger partial charge in [0, 0.05) is 66.4 Å². The van der Waals surface area contributed by atoms with E-state index in [2.05, 4.69) is 112 Å². The molecule has 4 heterocycles. The van der Waals surface area contributed by atoms with Gasteiger partial charge in [0.15, 0.2) is 0 Å². The molecule has 0 bridgehead atoms. The Morgan fingerprint density at radius 2 is 1.07 bits per heavy atom. The number of hydrogen-bond donors (Lipinski definition) is 4. The molecule has 0 fully saturated rings. The van der Waals surface area contributed by atoms with Crippen molar-refractivity contribution in [3.8, 4) is 45.3 Å². The number of nitrogens with two attached hydrogens (primary N) is 2. The van der Waals surface area contributed by atoms with Crippen LogP contribution >= 0.6 is 0 Å². The predicted octanol–water partition coefficient (Wildman–Crippen LogP) is 9.25. The fraction of sp³-hybridized carbons (Fsp3) is 0.250. The van der Waals surface area contributed by atoms with E-state index in [1.807, 2.05) is 78.9 Å². The Balaban J connectivity index is 0.000000184. The van der Waals surface area contributed by atoms with E-state index in [1.165, 1.54) is 12.7 Å². The van der Waals surface area contributed by atoms with Crippen LogP contribution in [0.2, 0.25) is 0 Å². The van der Waals surface area contributed by atoms with E-state index in [1.54, 1.807) is 0 Å². The molecule has 0 radical (unpaired) electrons. The number of nitrogens with zero attached hydrogens (tertiary/aromatic N) is 7. The van der Waals surface area contributed by atoms with Crippen molar-refractivity contribution in [3.05, 3.63) is 133 Å². The number of nitrogen functional groups attached to an aromatic ring is 2. The second-order valence-corrected chi connectivity index (χ2v) is 15.6. The Morgan fingerprint density at radius 3 is 1.51 bits per heavy atom. The second-order valence-electron chi connectivity index (χ2n) is 15.6. The van der Waals surface area contributed by atoms with Crippen molar-refractivity contribution < 1.29 is 14.6 Å². The maximum Gasteiger partial charge on any atom is 0.146 e. The lowest BCUT2D eigenvalue weighted by atomic mass is 10.1. The molecule has 61 heavy (non-hydrogen) atoms. The Labute approximate surface area is 356 Å². The lowest BCUT2D eigenvalue weighted by Crippen LogP contribution is -2.17. The van der Waals surface area contributed by atoms with Crippen molar-refractivity contribution in [1.29, 1.82) is 0 Å². The first kappa shape index (κ1) is 42.3. The minimum absolute atomic E-state index is 0.104. The molecule has 0 aliphatic rings. The summed E-state index contributed by atoms with van der Waals surface area (Å²) in [5, 5.41) is 13.9. The molecule has 8 aromatic rings. The van der Waals surface area contributed by atoms with E-state index < -0.39 is 0 Å². The highest BCUT2D eigenvalue weighted by Crippen LogP contribution is 2.37. The first-order chi connectivity index (χ1) is 29.5. The van der Waals surface area contributed by atoms with E-state index in [0.29, 0.717) is 24.7 Å². The lowest BCUT2D eigenvalue weighted by Gasteiger charge is -2.15. The number of aliphatic hydroxyl groups excluding tert-OH is 1. The minimum atomic E-state index is 0.104. The van der Waals surface area contributed by atoms with Gasteiger partial charge in [0.2, 0.25) is 0 Å². The summed E-state index contributed by atoms with van der Waals surface area (Å²) < 4.78 is 16.5. The maximum atomic E-state index is 8.97. The molecule has 0 saturated heterocycles. The molecule has 0 atom stereocenters. The molecule has 0 unspecified atom stereocenters. The highest BCUT2D eigenvalue weighted by molar-refractivity contribution is 6.01. The number of para-hydroxylation sites is 2. The SMILES string of the molecule is CC(C)n1cc(-c2ccc(Oc3ccccc3CN(C)C)cc2)c2c(N)ncnc21.CC(C)n1cc(-c2ccc(Oc3ccccc3CNCCO)cc2)c2c(N)ncnc21. The fourth-order valence-corrected chi connectivity index (χ4v) is 7.23. The van der Waals surface area contributed by atoms with Crippen molar-refractivity contribution in [1.82, 2.24) is 39.3 Å². The monoisotopic (exact) mass is 818 g/mol. The fourth-order valence-electron chi connectivity index (χ4n) is 7.23. The molecule has 4 aromatic carbocycles. The van der Waals surface area contributed by atoms with E-state index in [4.69, 9.17) is 26.0 Å². The Morgan fingerprint density at radius 1 is 0.623 bits per heavy atom. The van der Waals surface area contributed by atoms with Gasteiger partial charge in [-0.15, -0.1) is 0 Å². The Kier molecular flexibility index (Phi) is 13.2. The molecular weight excluding hydrogens is 765 g/mol. The van der Waals surface area contributed by atoms with Crippen LogP contribution in [-0.2, 0) is 13.1 Å². The summed E-state index contributed by atoms with van der Waals surface area (Å²) in [5.41, 5.74) is 20.4. The van der Waals surface area contributed by atoms with E-state index >= 15 is 0 Å². The summed E-state index contributed by atoms with van der Waals surface area (Å²) in [5.74, 6) is 4.16. The summed E-state index contributed by atoms with van der Waals surface area (Å²) in [6, 6.07) is 32.5. The molecule has 13 nitrogen and oxygen atoms in total. The van der Waals surface area contributed by atoms with E-state index in [-0.39, 0.29) is 18.7 Å². The van der Waals surface area contributed by atoms with Gasteiger partial charge in [-0.3, -0.25) is 0 Å². The van der Waals surface area contributed by atoms with Crippen molar-refractivity contribution in [2.45, 2.75) is 52.9 Å². The van der Waals surface area contributed by atoms with Gasteiger partial charge in [-0.1, -0.05) is 60.7 Å². The predicted molar refractivity (Wildman–Crippen MR) is 245 cm³/mol. The molecule has 0 saturated carbocycles. The average Bonchev–Trinajstić information content (AvgIpc) is 3.85. The molecular formula is C48H54N10O3. The molecule has 0 amide bonds. The number of ether oxygens (including phenoxy) is 2. The highest BCUT2D eigenvalue weighted by atomic mass is 16.5. The zero-order chi connectivity index (χ0) is 43.0.